The van der Waals surface area contributed by atoms with Gasteiger partial charge in [-0.1, -0.05) is 54.6 Å². The lowest BCUT2D eigenvalue weighted by Crippen LogP contribution is -2.44. The number of nitrogens with zero attached hydrogens (tertiary/aromatic N) is 3. The number of rotatable bonds is 3. The number of benzene rings is 2. The van der Waals surface area contributed by atoms with E-state index in [0.717, 1.165) is 11.1 Å². The Bertz CT molecular complexity index is 1020. The van der Waals surface area contributed by atoms with Gasteiger partial charge >= 0.3 is 0 Å². The summed E-state index contributed by atoms with van der Waals surface area (Å²) in [7, 11) is 0. The first-order valence-corrected chi connectivity index (χ1v) is 9.49. The minimum absolute atomic E-state index is 0.172. The van der Waals surface area contributed by atoms with E-state index in [-0.39, 0.29) is 17.6 Å². The van der Waals surface area contributed by atoms with Crippen LogP contribution in [-0.2, 0) is 9.59 Å². The van der Waals surface area contributed by atoms with Crippen molar-refractivity contribution in [3.63, 3.8) is 0 Å². The maximum atomic E-state index is 13.4. The average Bonchev–Trinajstić information content (AvgIpc) is 3.21. The van der Waals surface area contributed by atoms with E-state index in [1.54, 1.807) is 42.4 Å². The average molecular weight is 373 g/mol. The summed E-state index contributed by atoms with van der Waals surface area (Å²) in [5, 5.41) is 6.22. The van der Waals surface area contributed by atoms with Crippen LogP contribution in [0.1, 0.15) is 34.5 Å². The molecule has 0 aliphatic carbocycles. The molecule has 4 atom stereocenters. The Balaban J connectivity index is 1.67. The van der Waals surface area contributed by atoms with Gasteiger partial charge in [0.15, 0.2) is 5.78 Å². The van der Waals surface area contributed by atoms with Crippen molar-refractivity contribution in [1.82, 2.24) is 9.91 Å². The Morgan fingerprint density at radius 1 is 0.964 bits per heavy atom. The molecule has 5 rings (SSSR count). The van der Waals surface area contributed by atoms with Crippen LogP contribution in [0.25, 0.3) is 0 Å². The molecular weight excluding hydrogens is 354 g/mol. The van der Waals surface area contributed by atoms with Crippen molar-refractivity contribution >= 4 is 23.8 Å². The molecule has 3 aliphatic rings. The van der Waals surface area contributed by atoms with Gasteiger partial charge < -0.3 is 0 Å². The van der Waals surface area contributed by atoms with Gasteiger partial charge in [0.1, 0.15) is 6.04 Å². The molecule has 2 amide bonds. The minimum Gasteiger partial charge on any atom is -0.292 e. The highest BCUT2D eigenvalue weighted by molar-refractivity contribution is 6.12. The third-order valence-electron chi connectivity index (χ3n) is 6.03. The van der Waals surface area contributed by atoms with E-state index in [1.807, 2.05) is 30.3 Å². The molecule has 2 aromatic carbocycles. The quantitative estimate of drug-likeness (QED) is 0.611. The first-order valence-electron chi connectivity index (χ1n) is 9.49. The van der Waals surface area contributed by atoms with Crippen molar-refractivity contribution in [2.45, 2.75) is 19.0 Å². The van der Waals surface area contributed by atoms with Crippen LogP contribution in [0.4, 0.5) is 0 Å². The molecule has 2 saturated heterocycles. The predicted molar refractivity (Wildman–Crippen MR) is 103 cm³/mol. The van der Waals surface area contributed by atoms with Gasteiger partial charge in [-0.15, -0.1) is 0 Å². The van der Waals surface area contributed by atoms with Crippen LogP contribution >= 0.6 is 0 Å². The molecule has 6 nitrogen and oxygen atoms in total. The molecule has 6 heteroatoms. The van der Waals surface area contributed by atoms with Crippen LogP contribution < -0.4 is 0 Å². The predicted octanol–water partition coefficient (Wildman–Crippen LogP) is 2.26. The third-order valence-corrected chi connectivity index (χ3v) is 6.03. The Morgan fingerprint density at radius 3 is 2.39 bits per heavy atom. The maximum absolute atomic E-state index is 13.4. The molecule has 0 spiro atoms. The second-order valence-electron chi connectivity index (χ2n) is 7.35. The minimum atomic E-state index is -0.782. The summed E-state index contributed by atoms with van der Waals surface area (Å²) in [6.07, 6.45) is 1.71. The first-order chi connectivity index (χ1) is 13.6. The molecule has 0 aromatic heterocycles. The van der Waals surface area contributed by atoms with Crippen LogP contribution in [0.3, 0.4) is 0 Å². The molecular formula is C22H19N3O3. The molecule has 0 unspecified atom stereocenters. The Kier molecular flexibility index (Phi) is 3.69. The van der Waals surface area contributed by atoms with Gasteiger partial charge in [-0.2, -0.15) is 5.10 Å². The molecule has 28 heavy (non-hydrogen) atoms. The lowest BCUT2D eigenvalue weighted by Gasteiger charge is -2.33. The number of imide groups is 1. The summed E-state index contributed by atoms with van der Waals surface area (Å²) in [4.78, 5) is 40.9. The highest BCUT2D eigenvalue weighted by atomic mass is 16.2. The first kappa shape index (κ1) is 16.9. The van der Waals surface area contributed by atoms with Crippen molar-refractivity contribution < 1.29 is 14.4 Å². The molecule has 2 aromatic rings. The molecule has 0 bridgehead atoms. The fourth-order valence-corrected chi connectivity index (χ4v) is 4.82. The van der Waals surface area contributed by atoms with E-state index < -0.39 is 23.9 Å². The summed E-state index contributed by atoms with van der Waals surface area (Å²) in [6.45, 7) is 2.10. The van der Waals surface area contributed by atoms with Gasteiger partial charge in [0.2, 0.25) is 11.8 Å². The highest BCUT2D eigenvalue weighted by Crippen LogP contribution is 2.52. The lowest BCUT2D eigenvalue weighted by molar-refractivity contribution is -0.141. The number of ketones is 1. The van der Waals surface area contributed by atoms with Crippen molar-refractivity contribution in [2.75, 3.05) is 6.54 Å². The van der Waals surface area contributed by atoms with Gasteiger partial charge in [0.05, 0.1) is 24.1 Å². The van der Waals surface area contributed by atoms with E-state index in [2.05, 4.69) is 5.10 Å². The van der Waals surface area contributed by atoms with Crippen molar-refractivity contribution in [3.05, 3.63) is 71.3 Å². The number of Topliss-reactive ketones (excluding diaryl/α,β-unsaturated/α-hetero) is 1. The number of carbonyl (C=O) groups excluding carboxylic acids is 3. The second-order valence-corrected chi connectivity index (χ2v) is 7.35. The largest absolute Gasteiger partial charge is 0.292 e. The number of likely N-dealkylation sites (tertiary alicyclic amines) is 1. The van der Waals surface area contributed by atoms with Gasteiger partial charge in [-0.3, -0.25) is 24.3 Å². The zero-order valence-electron chi connectivity index (χ0n) is 15.4. The summed E-state index contributed by atoms with van der Waals surface area (Å²) in [6, 6.07) is 15.5. The van der Waals surface area contributed by atoms with E-state index >= 15 is 0 Å². The molecule has 0 saturated carbocycles. The summed E-state index contributed by atoms with van der Waals surface area (Å²) >= 11 is 0. The van der Waals surface area contributed by atoms with Crippen LogP contribution in [-0.4, -0.2) is 46.3 Å². The van der Waals surface area contributed by atoms with Crippen molar-refractivity contribution in [3.8, 4) is 0 Å². The number of hydrogen-bond acceptors (Lipinski definition) is 5. The summed E-state index contributed by atoms with van der Waals surface area (Å²) < 4.78 is 0. The Labute approximate surface area is 162 Å². The fraction of sp³-hybridized carbons (Fsp3) is 0.273. The van der Waals surface area contributed by atoms with E-state index in [9.17, 15) is 14.4 Å². The van der Waals surface area contributed by atoms with Gasteiger partial charge in [0, 0.05) is 12.1 Å². The molecule has 140 valence electrons. The normalized spacial score (nSPS) is 27.6. The standard InChI is InChI=1S/C22H19N3O3/c1-2-24-21(27)16-17(22(24)28)19(20(26)13-8-4-3-5-9-13)25-18(16)15-11-7-6-10-14(15)12-23-25/h3-12,16-19H,2H2,1H3/t16-,17+,18-,19+/m0/s1. The van der Waals surface area contributed by atoms with Crippen molar-refractivity contribution in [1.29, 1.82) is 0 Å². The van der Waals surface area contributed by atoms with Gasteiger partial charge in [-0.25, -0.2) is 0 Å². The molecule has 2 fully saturated rings. The van der Waals surface area contributed by atoms with E-state index in [1.165, 1.54) is 4.90 Å². The van der Waals surface area contributed by atoms with Crippen LogP contribution in [0.5, 0.6) is 0 Å². The summed E-state index contributed by atoms with van der Waals surface area (Å²) in [5.41, 5.74) is 2.39. The fourth-order valence-electron chi connectivity index (χ4n) is 4.82. The van der Waals surface area contributed by atoms with Gasteiger partial charge in [0.25, 0.3) is 0 Å². The van der Waals surface area contributed by atoms with E-state index in [0.29, 0.717) is 12.1 Å². The summed E-state index contributed by atoms with van der Waals surface area (Å²) in [5.74, 6) is -1.96. The third kappa shape index (κ3) is 2.14. The maximum Gasteiger partial charge on any atom is 0.235 e. The highest BCUT2D eigenvalue weighted by Gasteiger charge is 2.64. The van der Waals surface area contributed by atoms with Gasteiger partial charge in [-0.05, 0) is 18.1 Å². The number of carbonyl (C=O) groups is 3. The zero-order valence-corrected chi connectivity index (χ0v) is 15.4. The number of hydrogen-bond donors (Lipinski definition) is 0. The number of fused-ring (bicyclic) bond motifs is 5. The molecule has 3 aliphatic heterocycles. The number of hydrazone groups is 1. The smallest absolute Gasteiger partial charge is 0.235 e. The second kappa shape index (κ2) is 6.12. The SMILES string of the molecule is CCN1C(=O)[C@@H]2[C@H](C1=O)[C@@H]1c3ccccc3C=NN1[C@H]2C(=O)c1ccccc1. The zero-order chi connectivity index (χ0) is 19.4. The molecule has 3 heterocycles. The molecule has 0 radical (unpaired) electrons. The van der Waals surface area contributed by atoms with Crippen molar-refractivity contribution in [2.24, 2.45) is 16.9 Å². The Morgan fingerprint density at radius 2 is 1.64 bits per heavy atom. The van der Waals surface area contributed by atoms with Crippen LogP contribution in [0.15, 0.2) is 59.7 Å². The van der Waals surface area contributed by atoms with E-state index in [4.69, 9.17) is 0 Å². The van der Waals surface area contributed by atoms with Crippen LogP contribution in [0, 0.1) is 11.8 Å². The van der Waals surface area contributed by atoms with Crippen LogP contribution in [0.2, 0.25) is 0 Å². The topological polar surface area (TPSA) is 70.1 Å². The lowest BCUT2D eigenvalue weighted by atomic mass is 9.83. The monoisotopic (exact) mass is 373 g/mol. The Hall–Kier alpha value is -3.28. The number of amides is 2. The molecule has 0 N–H and O–H groups in total.